The molecule has 0 aromatic heterocycles. The van der Waals surface area contributed by atoms with Gasteiger partial charge in [-0.2, -0.15) is 35.1 Å². The Balaban J connectivity index is 2.98. The van der Waals surface area contributed by atoms with Crippen LogP contribution in [0.2, 0.25) is 0 Å². The summed E-state index contributed by atoms with van der Waals surface area (Å²) in [4.78, 5) is 0. The molecule has 1 aliphatic rings. The van der Waals surface area contributed by atoms with Gasteiger partial charge < -0.3 is 0 Å². The molecule has 1 atom stereocenters. The maximum Gasteiger partial charge on any atom is 0.319 e. The molecule has 1 fully saturated rings. The van der Waals surface area contributed by atoms with E-state index in [1.165, 1.54) is 0 Å². The fourth-order valence-electron chi connectivity index (χ4n) is 1.49. The predicted molar refractivity (Wildman–Crippen MR) is 38.2 cm³/mol. The van der Waals surface area contributed by atoms with Gasteiger partial charge in [0.2, 0.25) is 0 Å². The van der Waals surface area contributed by atoms with Crippen LogP contribution in [0, 0.1) is 5.92 Å². The summed E-state index contributed by atoms with van der Waals surface area (Å²) in [6.45, 7) is 0.670. The average Bonchev–Trinajstić information content (AvgIpc) is 2.13. The first-order valence-corrected chi connectivity index (χ1v) is 4.41. The third-order valence-corrected chi connectivity index (χ3v) is 2.76. The first kappa shape index (κ1) is 13.5. The quantitative estimate of drug-likeness (QED) is 0.670. The van der Waals surface area contributed by atoms with Crippen LogP contribution in [0.5, 0.6) is 0 Å². The third-order valence-electron chi connectivity index (χ3n) is 2.76. The second-order valence-electron chi connectivity index (χ2n) is 3.77. The molecule has 0 aliphatic heterocycles. The summed E-state index contributed by atoms with van der Waals surface area (Å²) >= 11 is 0. The minimum atomic E-state index is -5.13. The number of halogens is 8. The van der Waals surface area contributed by atoms with Crippen molar-refractivity contribution in [3.63, 3.8) is 0 Å². The second kappa shape index (κ2) is 3.22. The van der Waals surface area contributed by atoms with Crippen LogP contribution in [0.15, 0.2) is 0 Å². The number of hydrogen-bond donors (Lipinski definition) is 0. The fourth-order valence-corrected chi connectivity index (χ4v) is 1.49. The van der Waals surface area contributed by atoms with E-state index in [4.69, 9.17) is 0 Å². The van der Waals surface area contributed by atoms with Crippen molar-refractivity contribution in [2.24, 2.45) is 5.92 Å². The van der Waals surface area contributed by atoms with Crippen LogP contribution in [0.25, 0.3) is 0 Å². The van der Waals surface area contributed by atoms with E-state index in [0.717, 1.165) is 0 Å². The zero-order valence-corrected chi connectivity index (χ0v) is 8.02. The van der Waals surface area contributed by atoms with E-state index < -0.39 is 42.4 Å². The summed E-state index contributed by atoms with van der Waals surface area (Å²) in [5.74, 6) is -22.9. The Hall–Kier alpha value is -0.560. The standard InChI is InChI=1S/C8H8F8/c1-2-5(9,10)7(13,14)4-3-6(11,12)8(4,15)16/h4H,2-3H2,1H3. The highest BCUT2D eigenvalue weighted by atomic mass is 19.3. The lowest BCUT2D eigenvalue weighted by atomic mass is 9.71. The molecule has 0 bridgehead atoms. The van der Waals surface area contributed by atoms with E-state index in [9.17, 15) is 35.1 Å². The summed E-state index contributed by atoms with van der Waals surface area (Å²) in [5, 5.41) is 0. The smallest absolute Gasteiger partial charge is 0.200 e. The van der Waals surface area contributed by atoms with E-state index >= 15 is 0 Å². The number of rotatable bonds is 3. The largest absolute Gasteiger partial charge is 0.319 e. The zero-order chi connectivity index (χ0) is 13.0. The highest BCUT2D eigenvalue weighted by Crippen LogP contribution is 2.63. The molecule has 1 saturated carbocycles. The number of alkyl halides is 8. The summed E-state index contributed by atoms with van der Waals surface area (Å²) in [6, 6.07) is 0. The molecule has 0 nitrogen and oxygen atoms in total. The van der Waals surface area contributed by atoms with E-state index in [1.54, 1.807) is 0 Å². The molecule has 1 rings (SSSR count). The van der Waals surface area contributed by atoms with Crippen LogP contribution in [0.1, 0.15) is 19.8 Å². The summed E-state index contributed by atoms with van der Waals surface area (Å²) in [6.07, 6.45) is -3.32. The molecular formula is C8H8F8. The Morgan fingerprint density at radius 1 is 1.06 bits per heavy atom. The molecule has 0 spiro atoms. The Bertz CT molecular complexity index is 282. The molecule has 1 unspecified atom stereocenters. The predicted octanol–water partition coefficient (Wildman–Crippen LogP) is 3.96. The van der Waals surface area contributed by atoms with Gasteiger partial charge in [0.25, 0.3) is 0 Å². The average molecular weight is 256 g/mol. The van der Waals surface area contributed by atoms with Crippen molar-refractivity contribution in [1.29, 1.82) is 0 Å². The van der Waals surface area contributed by atoms with Crippen molar-refractivity contribution in [2.45, 2.75) is 43.5 Å². The zero-order valence-electron chi connectivity index (χ0n) is 8.02. The lowest BCUT2D eigenvalue weighted by Gasteiger charge is -2.48. The highest BCUT2D eigenvalue weighted by molar-refractivity contribution is 5.11. The van der Waals surface area contributed by atoms with Gasteiger partial charge in [-0.25, -0.2) is 0 Å². The van der Waals surface area contributed by atoms with Gasteiger partial charge in [-0.15, -0.1) is 0 Å². The Labute approximate surface area is 85.6 Å². The second-order valence-corrected chi connectivity index (χ2v) is 3.77. The minimum Gasteiger partial charge on any atom is -0.200 e. The summed E-state index contributed by atoms with van der Waals surface area (Å²) in [7, 11) is 0. The molecule has 8 heteroatoms. The molecular weight excluding hydrogens is 248 g/mol. The molecule has 96 valence electrons. The third kappa shape index (κ3) is 1.48. The van der Waals surface area contributed by atoms with Crippen LogP contribution >= 0.6 is 0 Å². The van der Waals surface area contributed by atoms with Gasteiger partial charge in [0.1, 0.15) is 5.92 Å². The van der Waals surface area contributed by atoms with Crippen molar-refractivity contribution in [1.82, 2.24) is 0 Å². The number of hydrogen-bond acceptors (Lipinski definition) is 0. The molecule has 0 saturated heterocycles. The highest BCUT2D eigenvalue weighted by Gasteiger charge is 2.81. The van der Waals surface area contributed by atoms with Gasteiger partial charge in [-0.1, -0.05) is 6.92 Å². The van der Waals surface area contributed by atoms with Crippen LogP contribution in [0.4, 0.5) is 35.1 Å². The maximum absolute atomic E-state index is 12.9. The minimum absolute atomic E-state index is 0.670. The normalized spacial score (nSPS) is 28.7. The van der Waals surface area contributed by atoms with E-state index in [2.05, 4.69) is 0 Å². The Kier molecular flexibility index (Phi) is 2.72. The van der Waals surface area contributed by atoms with Crippen molar-refractivity contribution in [2.75, 3.05) is 0 Å². The summed E-state index contributed by atoms with van der Waals surface area (Å²) < 4.78 is 101. The summed E-state index contributed by atoms with van der Waals surface area (Å²) in [5.41, 5.74) is 0. The van der Waals surface area contributed by atoms with Gasteiger partial charge in [-0.3, -0.25) is 0 Å². The molecule has 0 aromatic rings. The lowest BCUT2D eigenvalue weighted by Crippen LogP contribution is -2.67. The van der Waals surface area contributed by atoms with Gasteiger partial charge in [-0.05, 0) is 0 Å². The van der Waals surface area contributed by atoms with E-state index in [-0.39, 0.29) is 0 Å². The monoisotopic (exact) mass is 256 g/mol. The van der Waals surface area contributed by atoms with Crippen molar-refractivity contribution < 1.29 is 35.1 Å². The molecule has 0 radical (unpaired) electrons. The molecule has 16 heavy (non-hydrogen) atoms. The van der Waals surface area contributed by atoms with Crippen LogP contribution in [0.3, 0.4) is 0 Å². The molecule has 1 aliphatic carbocycles. The Morgan fingerprint density at radius 3 is 1.75 bits per heavy atom. The van der Waals surface area contributed by atoms with Gasteiger partial charge in [0.15, 0.2) is 0 Å². The molecule has 0 amide bonds. The first-order chi connectivity index (χ1) is 6.90. The van der Waals surface area contributed by atoms with Crippen LogP contribution in [-0.4, -0.2) is 23.7 Å². The Morgan fingerprint density at radius 2 is 1.50 bits per heavy atom. The molecule has 0 aromatic carbocycles. The van der Waals surface area contributed by atoms with Crippen molar-refractivity contribution in [3.05, 3.63) is 0 Å². The first-order valence-electron chi connectivity index (χ1n) is 4.41. The van der Waals surface area contributed by atoms with Crippen molar-refractivity contribution in [3.8, 4) is 0 Å². The van der Waals surface area contributed by atoms with E-state index in [0.29, 0.717) is 6.92 Å². The fraction of sp³-hybridized carbons (Fsp3) is 1.00. The SMILES string of the molecule is CCC(F)(F)C(F)(F)C1CC(F)(F)C1(F)F. The molecule has 0 N–H and O–H groups in total. The van der Waals surface area contributed by atoms with Crippen molar-refractivity contribution >= 4 is 0 Å². The van der Waals surface area contributed by atoms with Crippen LogP contribution in [-0.2, 0) is 0 Å². The van der Waals surface area contributed by atoms with Crippen LogP contribution < -0.4 is 0 Å². The molecule has 0 heterocycles. The van der Waals surface area contributed by atoms with E-state index in [1.807, 2.05) is 0 Å². The van der Waals surface area contributed by atoms with Gasteiger partial charge in [0.05, 0.1) is 0 Å². The topological polar surface area (TPSA) is 0 Å². The van der Waals surface area contributed by atoms with Gasteiger partial charge >= 0.3 is 23.7 Å². The van der Waals surface area contributed by atoms with Gasteiger partial charge in [0, 0.05) is 12.8 Å². The maximum atomic E-state index is 12.9. The lowest BCUT2D eigenvalue weighted by molar-refractivity contribution is -0.383.